The summed E-state index contributed by atoms with van der Waals surface area (Å²) in [4.78, 5) is 20.7. The molecule has 24 heavy (non-hydrogen) atoms. The van der Waals surface area contributed by atoms with Crippen molar-refractivity contribution in [2.45, 2.75) is 65.0 Å². The third-order valence-corrected chi connectivity index (χ3v) is 4.34. The average molecular weight is 452 g/mol. The van der Waals surface area contributed by atoms with Crippen LogP contribution in [0.15, 0.2) is 4.99 Å². The van der Waals surface area contributed by atoms with E-state index in [4.69, 9.17) is 10.5 Å². The van der Waals surface area contributed by atoms with Gasteiger partial charge in [0.2, 0.25) is 0 Å². The first-order chi connectivity index (χ1) is 10.8. The molecule has 0 aromatic rings. The lowest BCUT2D eigenvalue weighted by Crippen LogP contribution is -2.43. The molecular formula is C17H33IN4O2. The summed E-state index contributed by atoms with van der Waals surface area (Å²) in [5, 5.41) is 0. The lowest BCUT2D eigenvalue weighted by molar-refractivity contribution is 0.0240. The van der Waals surface area contributed by atoms with Gasteiger partial charge >= 0.3 is 6.09 Å². The van der Waals surface area contributed by atoms with Gasteiger partial charge in [-0.05, 0) is 52.4 Å². The summed E-state index contributed by atoms with van der Waals surface area (Å²) in [5.41, 5.74) is 5.63. The van der Waals surface area contributed by atoms with Crippen LogP contribution < -0.4 is 5.73 Å². The lowest BCUT2D eigenvalue weighted by atomic mass is 10.00. The molecule has 6 nitrogen and oxygen atoms in total. The topological polar surface area (TPSA) is 71.2 Å². The summed E-state index contributed by atoms with van der Waals surface area (Å²) >= 11 is 0. The normalized spacial score (nSPS) is 19.7. The van der Waals surface area contributed by atoms with Crippen LogP contribution in [0, 0.1) is 5.92 Å². The predicted molar refractivity (Wildman–Crippen MR) is 108 cm³/mol. The van der Waals surface area contributed by atoms with Gasteiger partial charge in [0.05, 0.1) is 6.54 Å². The number of ether oxygens (including phenoxy) is 1. The molecule has 1 amide bonds. The van der Waals surface area contributed by atoms with Crippen molar-refractivity contribution >= 4 is 36.0 Å². The summed E-state index contributed by atoms with van der Waals surface area (Å²) in [6, 6.07) is 0.317. The quantitative estimate of drug-likeness (QED) is 0.405. The second-order valence-electron chi connectivity index (χ2n) is 7.81. The number of nitrogens with two attached hydrogens (primary N) is 1. The van der Waals surface area contributed by atoms with Gasteiger partial charge < -0.3 is 20.3 Å². The minimum absolute atomic E-state index is 0. The molecule has 0 spiro atoms. The molecule has 2 rings (SSSR count). The van der Waals surface area contributed by atoms with Gasteiger partial charge in [-0.3, -0.25) is 4.99 Å². The van der Waals surface area contributed by atoms with E-state index in [2.05, 4.69) is 16.8 Å². The maximum atomic E-state index is 12.3. The SMILES string of the molecule is CC1CCN(C(N)=NCCN(C(=O)OC(C)(C)C)C2CC2)CC1.I. The highest BCUT2D eigenvalue weighted by Gasteiger charge is 2.34. The minimum atomic E-state index is -0.461. The van der Waals surface area contributed by atoms with Gasteiger partial charge in [-0.15, -0.1) is 24.0 Å². The number of carbonyl (C=O) groups is 1. The smallest absolute Gasteiger partial charge is 0.410 e. The standard InChI is InChI=1S/C17H32N4O2.HI/c1-13-7-10-20(11-8-13)15(18)19-9-12-21(14-5-6-14)16(22)23-17(2,3)4;/h13-14H,5-12H2,1-4H3,(H2,18,19);1H. The zero-order valence-corrected chi connectivity index (χ0v) is 17.8. The average Bonchev–Trinajstić information content (AvgIpc) is 3.26. The number of hydrogen-bond donors (Lipinski definition) is 1. The number of nitrogens with zero attached hydrogens (tertiary/aromatic N) is 3. The second kappa shape index (κ2) is 9.10. The van der Waals surface area contributed by atoms with E-state index in [1.54, 1.807) is 4.90 Å². The third kappa shape index (κ3) is 7.03. The van der Waals surface area contributed by atoms with E-state index < -0.39 is 5.60 Å². The summed E-state index contributed by atoms with van der Waals surface area (Å²) in [7, 11) is 0. The molecule has 1 aliphatic carbocycles. The Labute approximate surface area is 163 Å². The predicted octanol–water partition coefficient (Wildman–Crippen LogP) is 3.05. The zero-order valence-electron chi connectivity index (χ0n) is 15.5. The van der Waals surface area contributed by atoms with Gasteiger partial charge in [-0.25, -0.2) is 4.79 Å². The molecule has 0 atom stereocenters. The summed E-state index contributed by atoms with van der Waals surface area (Å²) in [6.45, 7) is 11.0. The maximum Gasteiger partial charge on any atom is 0.410 e. The van der Waals surface area contributed by atoms with Crippen molar-refractivity contribution in [2.75, 3.05) is 26.2 Å². The van der Waals surface area contributed by atoms with Crippen LogP contribution in [-0.2, 0) is 4.74 Å². The fourth-order valence-corrected chi connectivity index (χ4v) is 2.74. The largest absolute Gasteiger partial charge is 0.444 e. The first-order valence-electron chi connectivity index (χ1n) is 8.81. The molecule has 0 bridgehead atoms. The number of amides is 1. The number of aliphatic imine (C=N–C) groups is 1. The fraction of sp³-hybridized carbons (Fsp3) is 0.882. The van der Waals surface area contributed by atoms with E-state index in [9.17, 15) is 4.79 Å². The van der Waals surface area contributed by atoms with Gasteiger partial charge in [0, 0.05) is 25.7 Å². The molecule has 1 aliphatic heterocycles. The first kappa shape index (κ1) is 21.3. The molecule has 2 aliphatic rings. The molecule has 1 saturated heterocycles. The summed E-state index contributed by atoms with van der Waals surface area (Å²) in [5.74, 6) is 1.38. The van der Waals surface area contributed by atoms with E-state index >= 15 is 0 Å². The molecule has 0 radical (unpaired) electrons. The Kier molecular flexibility index (Phi) is 8.08. The Morgan fingerprint density at radius 3 is 2.33 bits per heavy atom. The number of likely N-dealkylation sites (tertiary alicyclic amines) is 1. The van der Waals surface area contributed by atoms with Crippen molar-refractivity contribution in [3.63, 3.8) is 0 Å². The van der Waals surface area contributed by atoms with E-state index in [1.807, 2.05) is 20.8 Å². The lowest BCUT2D eigenvalue weighted by Gasteiger charge is -2.31. The molecule has 1 saturated carbocycles. The van der Waals surface area contributed by atoms with Crippen molar-refractivity contribution in [2.24, 2.45) is 16.6 Å². The van der Waals surface area contributed by atoms with E-state index in [1.165, 1.54) is 12.8 Å². The van der Waals surface area contributed by atoms with Crippen molar-refractivity contribution in [3.05, 3.63) is 0 Å². The van der Waals surface area contributed by atoms with Crippen LogP contribution in [0.1, 0.15) is 53.4 Å². The van der Waals surface area contributed by atoms with Crippen molar-refractivity contribution < 1.29 is 9.53 Å². The Morgan fingerprint density at radius 1 is 1.25 bits per heavy atom. The van der Waals surface area contributed by atoms with Crippen LogP contribution in [0.25, 0.3) is 0 Å². The maximum absolute atomic E-state index is 12.3. The summed E-state index contributed by atoms with van der Waals surface area (Å²) < 4.78 is 5.48. The van der Waals surface area contributed by atoms with Crippen molar-refractivity contribution in [3.8, 4) is 0 Å². The van der Waals surface area contributed by atoms with E-state index in [-0.39, 0.29) is 30.1 Å². The second-order valence-corrected chi connectivity index (χ2v) is 7.81. The fourth-order valence-electron chi connectivity index (χ4n) is 2.74. The number of hydrogen-bond acceptors (Lipinski definition) is 3. The van der Waals surface area contributed by atoms with Crippen LogP contribution in [0.2, 0.25) is 0 Å². The zero-order chi connectivity index (χ0) is 17.0. The van der Waals surface area contributed by atoms with Gasteiger partial charge in [0.15, 0.2) is 5.96 Å². The van der Waals surface area contributed by atoms with Gasteiger partial charge in [-0.2, -0.15) is 0 Å². The molecule has 2 N–H and O–H groups in total. The van der Waals surface area contributed by atoms with Gasteiger partial charge in [-0.1, -0.05) is 6.92 Å². The number of halogens is 1. The highest BCUT2D eigenvalue weighted by Crippen LogP contribution is 2.28. The Morgan fingerprint density at radius 2 is 1.83 bits per heavy atom. The molecule has 140 valence electrons. The highest BCUT2D eigenvalue weighted by atomic mass is 127. The highest BCUT2D eigenvalue weighted by molar-refractivity contribution is 14.0. The Bertz CT molecular complexity index is 438. The number of guanidine groups is 1. The molecule has 2 fully saturated rings. The molecule has 0 unspecified atom stereocenters. The minimum Gasteiger partial charge on any atom is -0.444 e. The number of piperidine rings is 1. The van der Waals surface area contributed by atoms with Gasteiger partial charge in [0.25, 0.3) is 0 Å². The Balaban J connectivity index is 0.00000288. The molecular weight excluding hydrogens is 419 g/mol. The molecule has 0 aromatic heterocycles. The summed E-state index contributed by atoms with van der Waals surface area (Å²) in [6.07, 6.45) is 4.22. The molecule has 0 aromatic carbocycles. The van der Waals surface area contributed by atoms with Crippen molar-refractivity contribution in [1.29, 1.82) is 0 Å². The van der Waals surface area contributed by atoms with Crippen LogP contribution in [0.3, 0.4) is 0 Å². The van der Waals surface area contributed by atoms with E-state index in [0.717, 1.165) is 31.8 Å². The van der Waals surface area contributed by atoms with Crippen LogP contribution in [0.5, 0.6) is 0 Å². The third-order valence-electron chi connectivity index (χ3n) is 4.34. The number of rotatable bonds is 4. The monoisotopic (exact) mass is 452 g/mol. The molecule has 7 heteroatoms. The molecule has 1 heterocycles. The van der Waals surface area contributed by atoms with Crippen LogP contribution in [0.4, 0.5) is 4.79 Å². The van der Waals surface area contributed by atoms with Crippen LogP contribution in [-0.4, -0.2) is 59.7 Å². The van der Waals surface area contributed by atoms with Crippen LogP contribution >= 0.6 is 24.0 Å². The van der Waals surface area contributed by atoms with Gasteiger partial charge in [0.1, 0.15) is 5.60 Å². The number of carbonyl (C=O) groups excluding carboxylic acids is 1. The Hall–Kier alpha value is -0.730. The van der Waals surface area contributed by atoms with E-state index in [0.29, 0.717) is 25.1 Å². The van der Waals surface area contributed by atoms with Crippen molar-refractivity contribution in [1.82, 2.24) is 9.80 Å². The first-order valence-corrected chi connectivity index (χ1v) is 8.81.